The molecule has 0 radical (unpaired) electrons. The molecule has 1 aromatic carbocycles. The largest absolute Gasteiger partial charge is 0.497 e. The average molecular weight is 436 g/mol. The van der Waals surface area contributed by atoms with E-state index in [0.29, 0.717) is 5.03 Å². The number of aromatic nitrogens is 2. The summed E-state index contributed by atoms with van der Waals surface area (Å²) < 4.78 is 12.3. The third kappa shape index (κ3) is 2.80. The fraction of sp³-hybridized carbons (Fsp3) is 0.235. The summed E-state index contributed by atoms with van der Waals surface area (Å²) in [6, 6.07) is 7.25. The molecule has 2 aliphatic rings. The molecule has 1 saturated heterocycles. The summed E-state index contributed by atoms with van der Waals surface area (Å²) in [4.78, 5) is 30.1. The van der Waals surface area contributed by atoms with Gasteiger partial charge in [-0.25, -0.2) is 9.78 Å². The number of hydrogen-bond acceptors (Lipinski definition) is 6. The van der Waals surface area contributed by atoms with Crippen molar-refractivity contribution >= 4 is 44.6 Å². The Morgan fingerprint density at radius 2 is 2.12 bits per heavy atom. The summed E-state index contributed by atoms with van der Waals surface area (Å²) >= 11 is 4.80. The lowest BCUT2D eigenvalue weighted by molar-refractivity contribution is -0.148. The SMILES string of the molecule is COc1ccc(COC(=O)C2=C(n3ccnc3)S[C@@H]3[C@@H](Br)C(=O)N23)cc1. The lowest BCUT2D eigenvalue weighted by Gasteiger charge is -2.38. The highest BCUT2D eigenvalue weighted by Gasteiger charge is 2.55. The van der Waals surface area contributed by atoms with Crippen molar-refractivity contribution in [2.24, 2.45) is 0 Å². The molecule has 2 aliphatic heterocycles. The summed E-state index contributed by atoms with van der Waals surface area (Å²) in [6.45, 7) is 0.110. The van der Waals surface area contributed by atoms with E-state index in [1.807, 2.05) is 12.1 Å². The lowest BCUT2D eigenvalue weighted by Crippen LogP contribution is -2.58. The smallest absolute Gasteiger partial charge is 0.358 e. The number of carbonyl (C=O) groups excluding carboxylic acids is 2. The molecule has 1 aromatic heterocycles. The number of thioether (sulfide) groups is 1. The first-order valence-electron chi connectivity index (χ1n) is 7.76. The van der Waals surface area contributed by atoms with Crippen molar-refractivity contribution < 1.29 is 19.1 Å². The van der Waals surface area contributed by atoms with Crippen LogP contribution in [-0.4, -0.2) is 43.6 Å². The van der Waals surface area contributed by atoms with Gasteiger partial charge in [-0.05, 0) is 17.7 Å². The van der Waals surface area contributed by atoms with Gasteiger partial charge < -0.3 is 9.47 Å². The van der Waals surface area contributed by atoms with E-state index in [2.05, 4.69) is 20.9 Å². The van der Waals surface area contributed by atoms with E-state index < -0.39 is 5.97 Å². The second kappa shape index (κ2) is 6.81. The minimum absolute atomic E-state index is 0.110. The maximum Gasteiger partial charge on any atom is 0.358 e. The highest BCUT2D eigenvalue weighted by Crippen LogP contribution is 2.50. The Labute approximate surface area is 162 Å². The molecule has 0 bridgehead atoms. The highest BCUT2D eigenvalue weighted by atomic mass is 79.9. The summed E-state index contributed by atoms with van der Waals surface area (Å²) in [7, 11) is 1.59. The Balaban J connectivity index is 1.55. The number of carbonyl (C=O) groups is 2. The summed E-state index contributed by atoms with van der Waals surface area (Å²) in [5.41, 5.74) is 1.09. The standard InChI is InChI=1S/C17H14BrN3O4S/c1-24-11-4-2-10(3-5-11)8-25-17(23)13-16(20-7-6-19-9-20)26-15-12(18)14(22)21(13)15/h2-7,9,12,15H,8H2,1H3/t12-,15+/m0/s1. The minimum atomic E-state index is -0.535. The number of alkyl halides is 1. The normalized spacial score (nSPS) is 21.5. The van der Waals surface area contributed by atoms with Gasteiger partial charge in [-0.1, -0.05) is 39.8 Å². The van der Waals surface area contributed by atoms with E-state index in [1.165, 1.54) is 16.7 Å². The Bertz CT molecular complexity index is 882. The Kier molecular flexibility index (Phi) is 4.49. The van der Waals surface area contributed by atoms with Crippen LogP contribution < -0.4 is 4.74 Å². The van der Waals surface area contributed by atoms with Crippen LogP contribution >= 0.6 is 27.7 Å². The van der Waals surface area contributed by atoms with Crippen molar-refractivity contribution in [1.82, 2.24) is 14.5 Å². The topological polar surface area (TPSA) is 73.7 Å². The number of β-lactam (4-membered cyclic amide) rings is 1. The van der Waals surface area contributed by atoms with Gasteiger partial charge in [-0.3, -0.25) is 14.3 Å². The second-order valence-corrected chi connectivity index (χ2v) is 7.76. The molecular formula is C17H14BrN3O4S. The summed E-state index contributed by atoms with van der Waals surface area (Å²) in [5, 5.41) is 0.492. The molecule has 7 nitrogen and oxygen atoms in total. The molecule has 9 heteroatoms. The zero-order valence-corrected chi connectivity index (χ0v) is 16.1. The monoisotopic (exact) mass is 435 g/mol. The molecule has 0 aliphatic carbocycles. The van der Waals surface area contributed by atoms with Gasteiger partial charge in [0.15, 0.2) is 5.70 Å². The third-order valence-electron chi connectivity index (χ3n) is 4.12. The van der Waals surface area contributed by atoms with Crippen molar-refractivity contribution in [1.29, 1.82) is 0 Å². The van der Waals surface area contributed by atoms with Gasteiger partial charge in [-0.15, -0.1) is 0 Å². The summed E-state index contributed by atoms with van der Waals surface area (Å²) in [6.07, 6.45) is 4.95. The van der Waals surface area contributed by atoms with Crippen LogP contribution in [0.25, 0.3) is 5.03 Å². The maximum absolute atomic E-state index is 12.7. The lowest BCUT2D eigenvalue weighted by atomic mass is 10.1. The first kappa shape index (κ1) is 17.2. The van der Waals surface area contributed by atoms with Crippen LogP contribution in [0, 0.1) is 0 Å². The zero-order valence-electron chi connectivity index (χ0n) is 13.7. The second-order valence-electron chi connectivity index (χ2n) is 5.67. The first-order chi connectivity index (χ1) is 12.6. The molecule has 2 atom stereocenters. The Morgan fingerprint density at radius 3 is 2.77 bits per heavy atom. The average Bonchev–Trinajstić information content (AvgIpc) is 3.32. The van der Waals surface area contributed by atoms with Gasteiger partial charge >= 0.3 is 5.97 Å². The molecule has 134 valence electrons. The van der Waals surface area contributed by atoms with E-state index in [1.54, 1.807) is 42.5 Å². The quantitative estimate of drug-likeness (QED) is 0.407. The fourth-order valence-electron chi connectivity index (χ4n) is 2.74. The number of hydrogen-bond donors (Lipinski definition) is 0. The van der Waals surface area contributed by atoms with E-state index in [4.69, 9.17) is 9.47 Å². The molecular weight excluding hydrogens is 422 g/mol. The van der Waals surface area contributed by atoms with Crippen molar-refractivity contribution in [3.05, 3.63) is 54.2 Å². The Morgan fingerprint density at radius 1 is 1.35 bits per heavy atom. The predicted molar refractivity (Wildman–Crippen MR) is 99.2 cm³/mol. The molecule has 0 saturated carbocycles. The molecule has 0 spiro atoms. The predicted octanol–water partition coefficient (Wildman–Crippen LogP) is 2.44. The molecule has 0 unspecified atom stereocenters. The number of nitrogens with zero attached hydrogens (tertiary/aromatic N) is 3. The molecule has 4 rings (SSSR count). The van der Waals surface area contributed by atoms with Crippen molar-refractivity contribution in [3.63, 3.8) is 0 Å². The number of halogens is 1. The van der Waals surface area contributed by atoms with E-state index in [-0.39, 0.29) is 28.4 Å². The van der Waals surface area contributed by atoms with Gasteiger partial charge in [0.25, 0.3) is 0 Å². The molecule has 2 aromatic rings. The van der Waals surface area contributed by atoms with Gasteiger partial charge in [0.2, 0.25) is 5.91 Å². The molecule has 1 fully saturated rings. The van der Waals surface area contributed by atoms with Crippen LogP contribution in [0.4, 0.5) is 0 Å². The van der Waals surface area contributed by atoms with Gasteiger partial charge in [0, 0.05) is 12.4 Å². The molecule has 1 amide bonds. The van der Waals surface area contributed by atoms with Crippen molar-refractivity contribution in [2.75, 3.05) is 7.11 Å². The van der Waals surface area contributed by atoms with Gasteiger partial charge in [0.1, 0.15) is 27.6 Å². The van der Waals surface area contributed by atoms with E-state index >= 15 is 0 Å². The van der Waals surface area contributed by atoms with E-state index in [9.17, 15) is 9.59 Å². The molecule has 0 N–H and O–H groups in total. The van der Waals surface area contributed by atoms with Crippen LogP contribution in [0.5, 0.6) is 5.75 Å². The number of fused-ring (bicyclic) bond motifs is 1. The fourth-order valence-corrected chi connectivity index (χ4v) is 4.82. The maximum atomic E-state index is 12.7. The van der Waals surface area contributed by atoms with Gasteiger partial charge in [0.05, 0.1) is 13.4 Å². The molecule has 26 heavy (non-hydrogen) atoms. The number of methoxy groups -OCH3 is 1. The van der Waals surface area contributed by atoms with Crippen LogP contribution in [-0.2, 0) is 20.9 Å². The van der Waals surface area contributed by atoms with E-state index in [0.717, 1.165) is 11.3 Å². The number of imidazole rings is 1. The van der Waals surface area contributed by atoms with Crippen LogP contribution in [0.3, 0.4) is 0 Å². The number of ether oxygens (including phenoxy) is 2. The first-order valence-corrected chi connectivity index (χ1v) is 9.56. The minimum Gasteiger partial charge on any atom is -0.497 e. The number of amides is 1. The number of rotatable bonds is 5. The van der Waals surface area contributed by atoms with Crippen molar-refractivity contribution in [3.8, 4) is 5.75 Å². The van der Waals surface area contributed by atoms with Crippen LogP contribution in [0.1, 0.15) is 5.56 Å². The van der Waals surface area contributed by atoms with Crippen molar-refractivity contribution in [2.45, 2.75) is 16.8 Å². The molecule has 3 heterocycles. The Hall–Kier alpha value is -2.26. The zero-order chi connectivity index (χ0) is 18.3. The number of benzene rings is 1. The number of esters is 1. The van der Waals surface area contributed by atoms with Crippen LogP contribution in [0.2, 0.25) is 0 Å². The highest BCUT2D eigenvalue weighted by molar-refractivity contribution is 9.10. The summed E-state index contributed by atoms with van der Waals surface area (Å²) in [5.74, 6) is 0.0519. The van der Waals surface area contributed by atoms with Crippen LogP contribution in [0.15, 0.2) is 48.7 Å². The third-order valence-corrected chi connectivity index (χ3v) is 6.71. The van der Waals surface area contributed by atoms with Gasteiger partial charge in [-0.2, -0.15) is 0 Å².